The van der Waals surface area contributed by atoms with Crippen molar-refractivity contribution in [2.24, 2.45) is 5.92 Å². The number of furan rings is 1. The summed E-state index contributed by atoms with van der Waals surface area (Å²) in [4.78, 5) is 38.3. The summed E-state index contributed by atoms with van der Waals surface area (Å²) in [5.74, 6) is -0.819. The minimum absolute atomic E-state index is 0.0564. The lowest BCUT2D eigenvalue weighted by Gasteiger charge is -2.27. The number of nitrogens with one attached hydrogen (secondary N) is 3. The summed E-state index contributed by atoms with van der Waals surface area (Å²) in [7, 11) is 1.33. The molecule has 0 bridgehead atoms. The van der Waals surface area contributed by atoms with Crippen LogP contribution in [0.1, 0.15) is 66.4 Å². The Bertz CT molecular complexity index is 1320. The molecule has 0 aliphatic heterocycles. The molecule has 9 heteroatoms. The monoisotopic (exact) mass is 549 g/mol. The van der Waals surface area contributed by atoms with E-state index in [4.69, 9.17) is 9.15 Å². The largest absolute Gasteiger partial charge is 0.465 e. The van der Waals surface area contributed by atoms with Crippen LogP contribution in [0.5, 0.6) is 0 Å². The molecule has 4 rings (SSSR count). The van der Waals surface area contributed by atoms with Gasteiger partial charge in [-0.1, -0.05) is 50.3 Å². The number of carbonyl (C=O) groups excluding carboxylic acids is 3. The van der Waals surface area contributed by atoms with E-state index in [1.165, 1.54) is 31.7 Å². The second-order valence-electron chi connectivity index (χ2n) is 10.3. The molecule has 8 nitrogen and oxygen atoms in total. The highest BCUT2D eigenvalue weighted by Crippen LogP contribution is 2.28. The lowest BCUT2D eigenvalue weighted by molar-refractivity contribution is -0.124. The van der Waals surface area contributed by atoms with Crippen molar-refractivity contribution in [1.29, 1.82) is 0 Å². The lowest BCUT2D eigenvalue weighted by atomic mass is 9.84. The molecule has 1 saturated carbocycles. The van der Waals surface area contributed by atoms with Crippen molar-refractivity contribution in [1.82, 2.24) is 10.6 Å². The Labute approximate surface area is 233 Å². The van der Waals surface area contributed by atoms with Gasteiger partial charge >= 0.3 is 5.97 Å². The van der Waals surface area contributed by atoms with Crippen molar-refractivity contribution in [2.45, 2.75) is 57.5 Å². The summed E-state index contributed by atoms with van der Waals surface area (Å²) in [6.45, 7) is 2.28. The number of hydrogen-bond acceptors (Lipinski definition) is 6. The van der Waals surface area contributed by atoms with E-state index in [2.05, 4.69) is 16.0 Å². The van der Waals surface area contributed by atoms with Crippen molar-refractivity contribution in [3.63, 3.8) is 0 Å². The van der Waals surface area contributed by atoms with Gasteiger partial charge in [-0.15, -0.1) is 0 Å². The van der Waals surface area contributed by atoms with Crippen LogP contribution in [0, 0.1) is 11.7 Å². The first-order valence-electron chi connectivity index (χ1n) is 13.7. The van der Waals surface area contributed by atoms with Gasteiger partial charge in [0.15, 0.2) is 5.76 Å². The number of amides is 2. The van der Waals surface area contributed by atoms with Crippen LogP contribution in [0.15, 0.2) is 65.1 Å². The van der Waals surface area contributed by atoms with Gasteiger partial charge in [0.25, 0.3) is 5.91 Å². The first kappa shape index (κ1) is 28.9. The van der Waals surface area contributed by atoms with Gasteiger partial charge in [0.05, 0.1) is 12.7 Å². The molecule has 2 amide bonds. The number of methoxy groups -OCH3 is 1. The third-order valence-electron chi connectivity index (χ3n) is 7.14. The number of hydrogen-bond donors (Lipinski definition) is 3. The summed E-state index contributed by atoms with van der Waals surface area (Å²) >= 11 is 0. The maximum atomic E-state index is 13.6. The molecule has 40 heavy (non-hydrogen) atoms. The van der Waals surface area contributed by atoms with Crippen molar-refractivity contribution < 1.29 is 27.9 Å². The predicted octanol–water partition coefficient (Wildman–Crippen LogP) is 5.56. The number of anilines is 1. The van der Waals surface area contributed by atoms with E-state index in [9.17, 15) is 18.8 Å². The van der Waals surface area contributed by atoms with E-state index in [0.717, 1.165) is 31.4 Å². The second-order valence-corrected chi connectivity index (χ2v) is 10.3. The molecule has 2 aromatic carbocycles. The molecule has 0 unspecified atom stereocenters. The Balaban J connectivity index is 1.39. The zero-order valence-corrected chi connectivity index (χ0v) is 22.9. The van der Waals surface area contributed by atoms with Gasteiger partial charge in [0.1, 0.15) is 17.6 Å². The third kappa shape index (κ3) is 7.94. The van der Waals surface area contributed by atoms with E-state index in [0.29, 0.717) is 35.8 Å². The fourth-order valence-corrected chi connectivity index (χ4v) is 5.01. The zero-order chi connectivity index (χ0) is 28.5. The van der Waals surface area contributed by atoms with Crippen molar-refractivity contribution in [3.05, 3.63) is 77.8 Å². The van der Waals surface area contributed by atoms with Crippen LogP contribution in [0.4, 0.5) is 10.1 Å². The fraction of sp³-hybridized carbons (Fsp3) is 0.387. The van der Waals surface area contributed by atoms with Crippen molar-refractivity contribution in [2.75, 3.05) is 19.0 Å². The summed E-state index contributed by atoms with van der Waals surface area (Å²) in [6.07, 6.45) is 6.01. The molecule has 2 atom stereocenters. The average molecular weight is 550 g/mol. The molecule has 0 saturated heterocycles. The minimum atomic E-state index is -0.733. The molecule has 1 aliphatic carbocycles. The van der Waals surface area contributed by atoms with Crippen molar-refractivity contribution in [3.8, 4) is 11.3 Å². The van der Waals surface area contributed by atoms with Gasteiger partial charge in [-0.25, -0.2) is 9.18 Å². The average Bonchev–Trinajstić information content (AvgIpc) is 3.47. The van der Waals surface area contributed by atoms with Crippen LogP contribution < -0.4 is 16.0 Å². The Kier molecular flexibility index (Phi) is 9.94. The minimum Gasteiger partial charge on any atom is -0.465 e. The number of rotatable bonds is 11. The molecule has 0 spiro atoms. The predicted molar refractivity (Wildman–Crippen MR) is 150 cm³/mol. The normalized spacial score (nSPS) is 15.1. The Morgan fingerprint density at radius 3 is 2.52 bits per heavy atom. The van der Waals surface area contributed by atoms with Crippen molar-refractivity contribution >= 4 is 23.5 Å². The molecule has 0 radical (unpaired) electrons. The summed E-state index contributed by atoms with van der Waals surface area (Å²) in [6, 6.07) is 15.0. The maximum Gasteiger partial charge on any atom is 0.337 e. The van der Waals surface area contributed by atoms with Gasteiger partial charge in [0.2, 0.25) is 5.91 Å². The van der Waals surface area contributed by atoms with E-state index >= 15 is 0 Å². The Hall–Kier alpha value is -4.14. The standard InChI is InChI=1S/C31H36FN3O5/c1-20(19-33-25-13-7-11-23(18-25)31(38)39-2)34-29(36)26(16-21-8-4-3-5-9-21)35-30(37)28-15-14-27(40-28)22-10-6-12-24(32)17-22/h6-7,10-15,17-18,20-21,26,33H,3-5,8-9,16,19H2,1-2H3,(H,34,36)(H,35,37)/t20-,26-/m0/s1. The summed E-state index contributed by atoms with van der Waals surface area (Å²) in [5, 5.41) is 9.10. The second kappa shape index (κ2) is 13.8. The van der Waals surface area contributed by atoms with Gasteiger partial charge in [-0.2, -0.15) is 0 Å². The van der Waals surface area contributed by atoms with Crippen LogP contribution in [0.3, 0.4) is 0 Å². The molecule has 1 heterocycles. The number of esters is 1. The van der Waals surface area contributed by atoms with Crippen LogP contribution in [0.2, 0.25) is 0 Å². The smallest absolute Gasteiger partial charge is 0.337 e. The van der Waals surface area contributed by atoms with Gasteiger partial charge in [0, 0.05) is 23.8 Å². The molecular weight excluding hydrogens is 513 g/mol. The summed E-state index contributed by atoms with van der Waals surface area (Å²) in [5.41, 5.74) is 1.68. The van der Waals surface area contributed by atoms with E-state index < -0.39 is 23.7 Å². The highest BCUT2D eigenvalue weighted by atomic mass is 19.1. The van der Waals surface area contributed by atoms with Gasteiger partial charge < -0.3 is 25.1 Å². The summed E-state index contributed by atoms with van der Waals surface area (Å²) < 4.78 is 24.1. The highest BCUT2D eigenvalue weighted by Gasteiger charge is 2.28. The van der Waals surface area contributed by atoms with Crippen LogP contribution in [-0.4, -0.2) is 43.5 Å². The Morgan fingerprint density at radius 1 is 1.00 bits per heavy atom. The van der Waals surface area contributed by atoms with Crippen LogP contribution in [0.25, 0.3) is 11.3 Å². The van der Waals surface area contributed by atoms with E-state index in [-0.39, 0.29) is 17.7 Å². The lowest BCUT2D eigenvalue weighted by Crippen LogP contribution is -2.51. The first-order chi connectivity index (χ1) is 19.3. The number of benzene rings is 2. The van der Waals surface area contributed by atoms with Crippen LogP contribution >= 0.6 is 0 Å². The highest BCUT2D eigenvalue weighted by molar-refractivity contribution is 5.96. The zero-order valence-electron chi connectivity index (χ0n) is 22.9. The molecule has 1 aliphatic rings. The number of carbonyl (C=O) groups is 3. The molecule has 3 N–H and O–H groups in total. The maximum absolute atomic E-state index is 13.6. The Morgan fingerprint density at radius 2 is 1.77 bits per heavy atom. The topological polar surface area (TPSA) is 110 Å². The fourth-order valence-electron chi connectivity index (χ4n) is 5.01. The molecule has 1 aromatic heterocycles. The van der Waals surface area contributed by atoms with E-state index in [1.807, 2.05) is 13.0 Å². The SMILES string of the molecule is COC(=O)c1cccc(NC[C@H](C)NC(=O)[C@H](CC2CCCCC2)NC(=O)c2ccc(-c3cccc(F)c3)o2)c1. The number of halogens is 1. The van der Waals surface area contributed by atoms with E-state index in [1.54, 1.807) is 36.4 Å². The van der Waals surface area contributed by atoms with Crippen LogP contribution in [-0.2, 0) is 9.53 Å². The number of ether oxygens (including phenoxy) is 1. The molecular formula is C31H36FN3O5. The molecule has 1 fully saturated rings. The molecule has 3 aromatic rings. The third-order valence-corrected chi connectivity index (χ3v) is 7.14. The van der Waals surface area contributed by atoms with Gasteiger partial charge in [-0.3, -0.25) is 9.59 Å². The molecule has 212 valence electrons. The quantitative estimate of drug-likeness (QED) is 0.270. The van der Waals surface area contributed by atoms with Gasteiger partial charge in [-0.05, 0) is 61.7 Å². The first-order valence-corrected chi connectivity index (χ1v) is 13.7.